The van der Waals surface area contributed by atoms with Gasteiger partial charge in [0.2, 0.25) is 5.95 Å². The van der Waals surface area contributed by atoms with Crippen molar-refractivity contribution >= 4 is 29.0 Å². The third kappa shape index (κ3) is 5.30. The van der Waals surface area contributed by atoms with Gasteiger partial charge < -0.3 is 15.0 Å². The Bertz CT molecular complexity index is 1210. The highest BCUT2D eigenvalue weighted by Gasteiger charge is 2.08. The minimum Gasteiger partial charge on any atom is -0.463 e. The van der Waals surface area contributed by atoms with Gasteiger partial charge in [0.15, 0.2) is 0 Å². The first-order valence-electron chi connectivity index (χ1n) is 9.56. The first-order chi connectivity index (χ1) is 15.3. The quantitative estimate of drug-likeness (QED) is 0.216. The molecule has 0 saturated heterocycles. The second-order valence-corrected chi connectivity index (χ2v) is 6.36. The summed E-state index contributed by atoms with van der Waals surface area (Å²) in [5, 5.41) is 16.9. The zero-order valence-electron chi connectivity index (χ0n) is 16.5. The fourth-order valence-electron chi connectivity index (χ4n) is 2.82. The Kier molecular flexibility index (Phi) is 6.25. The minimum absolute atomic E-state index is 0.0510. The number of anilines is 2. The Morgan fingerprint density at radius 1 is 1.10 bits per heavy atom. The second-order valence-electron chi connectivity index (χ2n) is 6.36. The summed E-state index contributed by atoms with van der Waals surface area (Å²) in [6, 6.07) is 15.7. The van der Waals surface area contributed by atoms with Crippen LogP contribution in [-0.4, -0.2) is 44.3 Å². The third-order valence-corrected chi connectivity index (χ3v) is 4.25. The highest BCUT2D eigenvalue weighted by atomic mass is 16.5. The molecule has 10 heteroatoms. The highest BCUT2D eigenvalue weighted by molar-refractivity contribution is 5.99. The molecule has 0 spiro atoms. The van der Waals surface area contributed by atoms with Crippen molar-refractivity contribution in [3.8, 4) is 12.1 Å². The maximum Gasteiger partial charge on any atom is 0.323 e. The topological polar surface area (TPSA) is 137 Å². The van der Waals surface area contributed by atoms with Crippen LogP contribution in [0, 0.1) is 11.3 Å². The Balaban J connectivity index is 1.45. The van der Waals surface area contributed by atoms with E-state index in [2.05, 4.69) is 40.8 Å². The van der Waals surface area contributed by atoms with Gasteiger partial charge in [0.05, 0.1) is 18.9 Å². The molecular weight excluding hydrogens is 394 g/mol. The maximum absolute atomic E-state index is 8.80. The lowest BCUT2D eigenvalue weighted by Crippen LogP contribution is -2.11. The molecular formula is C21H19N9O. The Morgan fingerprint density at radius 3 is 2.84 bits per heavy atom. The van der Waals surface area contributed by atoms with E-state index in [1.54, 1.807) is 12.4 Å². The van der Waals surface area contributed by atoms with Crippen LogP contribution in [0.15, 0.2) is 60.0 Å². The number of hydrazone groups is 1. The molecule has 4 rings (SSSR count). The molecule has 0 aliphatic heterocycles. The monoisotopic (exact) mass is 413 g/mol. The molecule has 0 unspecified atom stereocenters. The van der Waals surface area contributed by atoms with Crippen LogP contribution < -0.4 is 15.5 Å². The molecule has 3 heterocycles. The molecule has 0 amide bonds. The SMILES string of the molecule is N#CCNc1nc(N/N=C/c2c[nH]c3ccccc23)nc(OCCc2ccccn2)n1. The van der Waals surface area contributed by atoms with Crippen LogP contribution in [0.25, 0.3) is 10.9 Å². The van der Waals surface area contributed by atoms with Crippen molar-refractivity contribution in [2.24, 2.45) is 5.10 Å². The number of ether oxygens (including phenoxy) is 1. The number of aromatic amines is 1. The molecule has 31 heavy (non-hydrogen) atoms. The van der Waals surface area contributed by atoms with E-state index in [9.17, 15) is 0 Å². The highest BCUT2D eigenvalue weighted by Crippen LogP contribution is 2.16. The van der Waals surface area contributed by atoms with Crippen LogP contribution in [-0.2, 0) is 6.42 Å². The van der Waals surface area contributed by atoms with E-state index >= 15 is 0 Å². The molecule has 0 radical (unpaired) electrons. The zero-order valence-corrected chi connectivity index (χ0v) is 16.5. The van der Waals surface area contributed by atoms with E-state index in [1.165, 1.54) is 0 Å². The van der Waals surface area contributed by atoms with Crippen LogP contribution in [0.1, 0.15) is 11.3 Å². The van der Waals surface area contributed by atoms with E-state index in [0.29, 0.717) is 13.0 Å². The van der Waals surface area contributed by atoms with Crippen molar-refractivity contribution in [3.05, 3.63) is 66.1 Å². The zero-order chi connectivity index (χ0) is 21.3. The Labute approximate surface area is 178 Å². The van der Waals surface area contributed by atoms with Crippen LogP contribution in [0.3, 0.4) is 0 Å². The standard InChI is InChI=1S/C21H19N9O/c22-9-11-24-19-27-20(29-21(28-19)31-12-8-16-5-3-4-10-23-16)30-26-14-15-13-25-18-7-2-1-6-17(15)18/h1-7,10,13-14,25H,8,11-12H2,(H2,24,27,28,29,30)/b26-14+. The minimum atomic E-state index is 0.0510. The van der Waals surface area contributed by atoms with Crippen molar-refractivity contribution in [1.29, 1.82) is 5.26 Å². The van der Waals surface area contributed by atoms with Gasteiger partial charge in [-0.15, -0.1) is 0 Å². The van der Waals surface area contributed by atoms with Gasteiger partial charge in [-0.05, 0) is 18.2 Å². The van der Waals surface area contributed by atoms with Crippen molar-refractivity contribution in [3.63, 3.8) is 0 Å². The summed E-state index contributed by atoms with van der Waals surface area (Å²) < 4.78 is 5.66. The summed E-state index contributed by atoms with van der Waals surface area (Å²) in [5.74, 6) is 0.411. The molecule has 0 aliphatic rings. The molecule has 10 nitrogen and oxygen atoms in total. The van der Waals surface area contributed by atoms with Crippen molar-refractivity contribution < 1.29 is 4.74 Å². The lowest BCUT2D eigenvalue weighted by Gasteiger charge is -2.08. The van der Waals surface area contributed by atoms with Gasteiger partial charge >= 0.3 is 6.01 Å². The number of para-hydroxylation sites is 1. The largest absolute Gasteiger partial charge is 0.463 e. The summed E-state index contributed by atoms with van der Waals surface area (Å²) in [4.78, 5) is 20.1. The Hall–Kier alpha value is -4.52. The Morgan fingerprint density at radius 2 is 1.97 bits per heavy atom. The first-order valence-corrected chi connectivity index (χ1v) is 9.56. The summed E-state index contributed by atoms with van der Waals surface area (Å²) >= 11 is 0. The van der Waals surface area contributed by atoms with Crippen LogP contribution >= 0.6 is 0 Å². The number of nitrogens with zero attached hydrogens (tertiary/aromatic N) is 6. The molecule has 0 bridgehead atoms. The van der Waals surface area contributed by atoms with Crippen LogP contribution in [0.2, 0.25) is 0 Å². The molecule has 3 N–H and O–H groups in total. The molecule has 0 fully saturated rings. The molecule has 154 valence electrons. The number of pyridine rings is 1. The lowest BCUT2D eigenvalue weighted by molar-refractivity contribution is 0.295. The number of benzene rings is 1. The van der Waals surface area contributed by atoms with E-state index in [4.69, 9.17) is 10.00 Å². The summed E-state index contributed by atoms with van der Waals surface area (Å²) in [6.45, 7) is 0.395. The summed E-state index contributed by atoms with van der Waals surface area (Å²) in [6.07, 6.45) is 5.88. The molecule has 0 aliphatic carbocycles. The smallest absolute Gasteiger partial charge is 0.323 e. The molecule has 0 saturated carbocycles. The predicted octanol–water partition coefficient (Wildman–Crippen LogP) is 2.75. The van der Waals surface area contributed by atoms with Gasteiger partial charge in [0.1, 0.15) is 6.54 Å². The number of aromatic nitrogens is 5. The van der Waals surface area contributed by atoms with Crippen LogP contribution in [0.4, 0.5) is 11.9 Å². The van der Waals surface area contributed by atoms with E-state index in [0.717, 1.165) is 22.2 Å². The fourth-order valence-corrected chi connectivity index (χ4v) is 2.82. The van der Waals surface area contributed by atoms with Crippen molar-refractivity contribution in [2.45, 2.75) is 6.42 Å². The normalized spacial score (nSPS) is 10.8. The van der Waals surface area contributed by atoms with E-state index in [1.807, 2.05) is 54.7 Å². The first kappa shape index (κ1) is 19.8. The number of rotatable bonds is 9. The average molecular weight is 413 g/mol. The van der Waals surface area contributed by atoms with Crippen LogP contribution in [0.5, 0.6) is 6.01 Å². The number of hydrogen-bond donors (Lipinski definition) is 3. The second kappa shape index (κ2) is 9.80. The number of hydrogen-bond acceptors (Lipinski definition) is 9. The summed E-state index contributed by atoms with van der Waals surface area (Å²) in [7, 11) is 0. The maximum atomic E-state index is 8.80. The van der Waals surface area contributed by atoms with Gasteiger partial charge in [-0.3, -0.25) is 4.98 Å². The molecule has 0 atom stereocenters. The lowest BCUT2D eigenvalue weighted by atomic mass is 10.2. The van der Waals surface area contributed by atoms with Gasteiger partial charge in [-0.1, -0.05) is 24.3 Å². The van der Waals surface area contributed by atoms with Gasteiger partial charge in [0.25, 0.3) is 5.95 Å². The fraction of sp³-hybridized carbons (Fsp3) is 0.143. The summed E-state index contributed by atoms with van der Waals surface area (Å²) in [5.41, 5.74) is 5.64. The molecule has 4 aromatic rings. The van der Waals surface area contributed by atoms with E-state index in [-0.39, 0.29) is 24.5 Å². The number of H-pyrrole nitrogens is 1. The van der Waals surface area contributed by atoms with Gasteiger partial charge in [-0.25, -0.2) is 5.43 Å². The van der Waals surface area contributed by atoms with Gasteiger partial charge in [0, 0.05) is 41.0 Å². The van der Waals surface area contributed by atoms with Crippen molar-refractivity contribution in [1.82, 2.24) is 24.9 Å². The predicted molar refractivity (Wildman–Crippen MR) is 117 cm³/mol. The third-order valence-electron chi connectivity index (χ3n) is 4.25. The average Bonchev–Trinajstić information content (AvgIpc) is 3.22. The number of nitrogens with one attached hydrogen (secondary N) is 3. The van der Waals surface area contributed by atoms with Gasteiger partial charge in [-0.2, -0.15) is 25.3 Å². The number of nitriles is 1. The van der Waals surface area contributed by atoms with E-state index < -0.39 is 0 Å². The number of fused-ring (bicyclic) bond motifs is 1. The molecule has 3 aromatic heterocycles. The van der Waals surface area contributed by atoms with Crippen molar-refractivity contribution in [2.75, 3.05) is 23.9 Å². The molecule has 1 aromatic carbocycles.